The maximum Gasteiger partial charge on any atom is 0.237 e. The fraction of sp³-hybridized carbons (Fsp3) is 0.222. The number of imidazole rings is 1. The average Bonchev–Trinajstić information content (AvgIpc) is 3.04. The molecule has 0 aliphatic carbocycles. The zero-order chi connectivity index (χ0) is 17.8. The van der Waals surface area contributed by atoms with Gasteiger partial charge in [-0.15, -0.1) is 0 Å². The highest BCUT2D eigenvalue weighted by Gasteiger charge is 2.19. The summed E-state index contributed by atoms with van der Waals surface area (Å²) in [6, 6.07) is 11.1. The van der Waals surface area contributed by atoms with Gasteiger partial charge in [-0.25, -0.2) is 4.98 Å². The molecule has 130 valence electrons. The summed E-state index contributed by atoms with van der Waals surface area (Å²) in [6.07, 6.45) is 3.72. The SMILES string of the molecule is COc1ccc(OC)c(NC(=O)C(C)Sc2ncc3ccccn23)c1. The van der Waals surface area contributed by atoms with E-state index >= 15 is 0 Å². The first-order valence-corrected chi connectivity index (χ1v) is 8.62. The van der Waals surface area contributed by atoms with Crippen LogP contribution < -0.4 is 14.8 Å². The maximum atomic E-state index is 12.6. The van der Waals surface area contributed by atoms with Crippen molar-refractivity contribution >= 4 is 28.9 Å². The van der Waals surface area contributed by atoms with Gasteiger partial charge in [0, 0.05) is 12.3 Å². The zero-order valence-corrected chi connectivity index (χ0v) is 15.0. The standard InChI is InChI=1S/C18H19N3O3S/c1-12(25-18-19-11-13-6-4-5-9-21(13)18)17(22)20-15-10-14(23-2)7-8-16(15)24-3/h4-12H,1-3H3,(H,20,22). The summed E-state index contributed by atoms with van der Waals surface area (Å²) >= 11 is 1.40. The van der Waals surface area contributed by atoms with Crippen LogP contribution in [-0.4, -0.2) is 34.8 Å². The van der Waals surface area contributed by atoms with E-state index in [1.165, 1.54) is 11.8 Å². The number of carbonyl (C=O) groups is 1. The van der Waals surface area contributed by atoms with E-state index in [0.29, 0.717) is 17.2 Å². The highest BCUT2D eigenvalue weighted by molar-refractivity contribution is 8.00. The van der Waals surface area contributed by atoms with Crippen molar-refractivity contribution in [2.45, 2.75) is 17.3 Å². The summed E-state index contributed by atoms with van der Waals surface area (Å²) in [5.74, 6) is 1.09. The van der Waals surface area contributed by atoms with Crippen molar-refractivity contribution in [3.63, 3.8) is 0 Å². The van der Waals surface area contributed by atoms with Gasteiger partial charge < -0.3 is 14.8 Å². The lowest BCUT2D eigenvalue weighted by molar-refractivity contribution is -0.115. The molecule has 1 amide bonds. The Bertz CT molecular complexity index is 894. The Hall–Kier alpha value is -2.67. The van der Waals surface area contributed by atoms with Gasteiger partial charge in [0.1, 0.15) is 11.5 Å². The van der Waals surface area contributed by atoms with Gasteiger partial charge in [0.2, 0.25) is 5.91 Å². The lowest BCUT2D eigenvalue weighted by Gasteiger charge is -2.14. The normalized spacial score (nSPS) is 12.0. The summed E-state index contributed by atoms with van der Waals surface area (Å²) in [4.78, 5) is 17.0. The van der Waals surface area contributed by atoms with Crippen LogP contribution in [0, 0.1) is 0 Å². The van der Waals surface area contributed by atoms with Crippen molar-refractivity contribution in [3.05, 3.63) is 48.8 Å². The predicted molar refractivity (Wildman–Crippen MR) is 98.7 cm³/mol. The van der Waals surface area contributed by atoms with Crippen molar-refractivity contribution in [2.24, 2.45) is 0 Å². The van der Waals surface area contributed by atoms with Gasteiger partial charge in [-0.3, -0.25) is 9.20 Å². The Kier molecular flexibility index (Phi) is 5.14. The molecule has 1 N–H and O–H groups in total. The molecule has 0 aliphatic heterocycles. The van der Waals surface area contributed by atoms with E-state index in [4.69, 9.17) is 9.47 Å². The number of nitrogens with one attached hydrogen (secondary N) is 1. The van der Waals surface area contributed by atoms with Gasteiger partial charge >= 0.3 is 0 Å². The van der Waals surface area contributed by atoms with E-state index in [2.05, 4.69) is 10.3 Å². The molecule has 1 aromatic carbocycles. The van der Waals surface area contributed by atoms with Gasteiger partial charge in [0.05, 0.1) is 36.9 Å². The molecule has 6 nitrogen and oxygen atoms in total. The topological polar surface area (TPSA) is 64.9 Å². The number of rotatable bonds is 6. The molecule has 0 bridgehead atoms. The highest BCUT2D eigenvalue weighted by atomic mass is 32.2. The van der Waals surface area contributed by atoms with Crippen LogP contribution in [0.15, 0.2) is 53.9 Å². The second-order valence-corrected chi connectivity index (χ2v) is 6.66. The lowest BCUT2D eigenvalue weighted by Crippen LogP contribution is -2.23. The van der Waals surface area contributed by atoms with E-state index in [1.54, 1.807) is 38.6 Å². The van der Waals surface area contributed by atoms with Crippen molar-refractivity contribution in [1.82, 2.24) is 9.38 Å². The van der Waals surface area contributed by atoms with Crippen LogP contribution in [-0.2, 0) is 4.79 Å². The van der Waals surface area contributed by atoms with Crippen LogP contribution in [0.2, 0.25) is 0 Å². The van der Waals surface area contributed by atoms with Crippen molar-refractivity contribution in [3.8, 4) is 11.5 Å². The van der Waals surface area contributed by atoms with Crippen LogP contribution in [0.1, 0.15) is 6.92 Å². The molecule has 2 heterocycles. The number of aromatic nitrogens is 2. The maximum absolute atomic E-state index is 12.6. The Morgan fingerprint density at radius 1 is 1.24 bits per heavy atom. The predicted octanol–water partition coefficient (Wildman–Crippen LogP) is 3.47. The number of anilines is 1. The largest absolute Gasteiger partial charge is 0.497 e. The van der Waals surface area contributed by atoms with Gasteiger partial charge in [-0.2, -0.15) is 0 Å². The number of hydrogen-bond acceptors (Lipinski definition) is 5. The minimum Gasteiger partial charge on any atom is -0.497 e. The molecule has 0 spiro atoms. The minimum absolute atomic E-state index is 0.135. The van der Waals surface area contributed by atoms with Gasteiger partial charge in [0.25, 0.3) is 0 Å². The molecule has 3 rings (SSSR count). The number of methoxy groups -OCH3 is 2. The number of amides is 1. The fourth-order valence-electron chi connectivity index (χ4n) is 2.36. The number of benzene rings is 1. The third-order valence-electron chi connectivity index (χ3n) is 3.72. The number of hydrogen-bond donors (Lipinski definition) is 1. The number of carbonyl (C=O) groups excluding carboxylic acids is 1. The first kappa shape index (κ1) is 17.2. The molecule has 0 fully saturated rings. The lowest BCUT2D eigenvalue weighted by atomic mass is 10.2. The summed E-state index contributed by atoms with van der Waals surface area (Å²) in [5.41, 5.74) is 1.57. The second-order valence-electron chi connectivity index (χ2n) is 5.35. The molecule has 3 aromatic rings. The Morgan fingerprint density at radius 3 is 2.84 bits per heavy atom. The van der Waals surface area contributed by atoms with E-state index in [9.17, 15) is 4.79 Å². The summed E-state index contributed by atoms with van der Waals surface area (Å²) in [6.45, 7) is 1.84. The molecule has 25 heavy (non-hydrogen) atoms. The average molecular weight is 357 g/mol. The van der Waals surface area contributed by atoms with E-state index in [-0.39, 0.29) is 11.2 Å². The van der Waals surface area contributed by atoms with Crippen LogP contribution >= 0.6 is 11.8 Å². The Morgan fingerprint density at radius 2 is 2.08 bits per heavy atom. The first-order valence-electron chi connectivity index (χ1n) is 7.74. The monoisotopic (exact) mass is 357 g/mol. The molecule has 0 radical (unpaired) electrons. The number of nitrogens with zero attached hydrogens (tertiary/aromatic N) is 2. The van der Waals surface area contributed by atoms with Crippen molar-refractivity contribution in [2.75, 3.05) is 19.5 Å². The van der Waals surface area contributed by atoms with Crippen molar-refractivity contribution < 1.29 is 14.3 Å². The van der Waals surface area contributed by atoms with E-state index in [1.807, 2.05) is 35.7 Å². The van der Waals surface area contributed by atoms with Crippen LogP contribution in [0.5, 0.6) is 11.5 Å². The van der Waals surface area contributed by atoms with Crippen molar-refractivity contribution in [1.29, 1.82) is 0 Å². The first-order chi connectivity index (χ1) is 12.1. The highest BCUT2D eigenvalue weighted by Crippen LogP contribution is 2.30. The Labute approximate surface area is 150 Å². The molecule has 1 atom stereocenters. The summed E-state index contributed by atoms with van der Waals surface area (Å²) in [7, 11) is 3.14. The minimum atomic E-state index is -0.332. The van der Waals surface area contributed by atoms with Crippen LogP contribution in [0.4, 0.5) is 5.69 Å². The quantitative estimate of drug-likeness (QED) is 0.684. The number of fused-ring (bicyclic) bond motifs is 1. The van der Waals surface area contributed by atoms with E-state index < -0.39 is 0 Å². The third-order valence-corrected chi connectivity index (χ3v) is 4.80. The summed E-state index contributed by atoms with van der Waals surface area (Å²) in [5, 5.41) is 3.34. The fourth-order valence-corrected chi connectivity index (χ4v) is 3.24. The molecule has 0 saturated carbocycles. The zero-order valence-electron chi connectivity index (χ0n) is 14.2. The number of pyridine rings is 1. The van der Waals surface area contributed by atoms with Gasteiger partial charge in [-0.1, -0.05) is 17.8 Å². The Balaban J connectivity index is 1.75. The smallest absolute Gasteiger partial charge is 0.237 e. The van der Waals surface area contributed by atoms with Crippen LogP contribution in [0.3, 0.4) is 0 Å². The number of thioether (sulfide) groups is 1. The molecule has 0 saturated heterocycles. The molecular formula is C18H19N3O3S. The molecule has 1 unspecified atom stereocenters. The van der Waals surface area contributed by atoms with E-state index in [0.717, 1.165) is 10.7 Å². The third kappa shape index (κ3) is 3.71. The molecular weight excluding hydrogens is 338 g/mol. The van der Waals surface area contributed by atoms with Gasteiger partial charge in [0.15, 0.2) is 5.16 Å². The second kappa shape index (κ2) is 7.48. The summed E-state index contributed by atoms with van der Waals surface area (Å²) < 4.78 is 12.5. The number of ether oxygens (including phenoxy) is 2. The van der Waals surface area contributed by atoms with Gasteiger partial charge in [-0.05, 0) is 31.2 Å². The molecule has 0 aliphatic rings. The van der Waals surface area contributed by atoms with Crippen LogP contribution in [0.25, 0.3) is 5.52 Å². The molecule has 2 aromatic heterocycles. The molecule has 7 heteroatoms.